The van der Waals surface area contributed by atoms with Crippen LogP contribution in [0.2, 0.25) is 5.02 Å². The molecule has 7 nitrogen and oxygen atoms in total. The van der Waals surface area contributed by atoms with Gasteiger partial charge in [0.25, 0.3) is 5.91 Å². The molecule has 2 aromatic carbocycles. The van der Waals surface area contributed by atoms with Crippen molar-refractivity contribution in [1.82, 2.24) is 10.2 Å². The highest BCUT2D eigenvalue weighted by molar-refractivity contribution is 6.33. The maximum absolute atomic E-state index is 13.3. The van der Waals surface area contributed by atoms with Crippen LogP contribution in [-0.4, -0.2) is 48.8 Å². The van der Waals surface area contributed by atoms with E-state index in [1.54, 1.807) is 23.1 Å². The molecule has 2 N–H and O–H groups in total. The monoisotopic (exact) mass is 440 g/mol. The molecule has 2 fully saturated rings. The summed E-state index contributed by atoms with van der Waals surface area (Å²) in [5.41, 5.74) is 2.07. The molecule has 162 valence electrons. The molecule has 4 rings (SSSR count). The van der Waals surface area contributed by atoms with Gasteiger partial charge >= 0.3 is 0 Å². The van der Waals surface area contributed by atoms with Gasteiger partial charge in [0.2, 0.25) is 11.8 Å². The first kappa shape index (κ1) is 21.2. The summed E-state index contributed by atoms with van der Waals surface area (Å²) < 4.78 is 0. The SMILES string of the molecule is O=C1CN(c2ccc(NC(=O)C(c3ccccc3)N3CCCCC3=O)cc2Cl)CCN1. The van der Waals surface area contributed by atoms with E-state index in [1.807, 2.05) is 35.2 Å². The molecule has 0 radical (unpaired) electrons. The highest BCUT2D eigenvalue weighted by Crippen LogP contribution is 2.31. The van der Waals surface area contributed by atoms with E-state index < -0.39 is 6.04 Å². The third kappa shape index (κ3) is 4.82. The normalized spacial score (nSPS) is 17.8. The molecular formula is C23H25ClN4O3. The smallest absolute Gasteiger partial charge is 0.251 e. The minimum atomic E-state index is -0.696. The number of hydrogen-bond donors (Lipinski definition) is 2. The Balaban J connectivity index is 1.55. The fourth-order valence-electron chi connectivity index (χ4n) is 4.10. The number of benzene rings is 2. The Morgan fingerprint density at radius 1 is 1.06 bits per heavy atom. The van der Waals surface area contributed by atoms with Crippen molar-refractivity contribution in [2.75, 3.05) is 36.4 Å². The molecule has 2 aliphatic rings. The van der Waals surface area contributed by atoms with Crippen LogP contribution in [0, 0.1) is 0 Å². The lowest BCUT2D eigenvalue weighted by molar-refractivity contribution is -0.141. The lowest BCUT2D eigenvalue weighted by atomic mass is 10.0. The summed E-state index contributed by atoms with van der Waals surface area (Å²) in [4.78, 5) is 41.1. The molecule has 31 heavy (non-hydrogen) atoms. The number of nitrogens with one attached hydrogen (secondary N) is 2. The van der Waals surface area contributed by atoms with Crippen molar-refractivity contribution in [3.8, 4) is 0 Å². The van der Waals surface area contributed by atoms with Crippen LogP contribution in [0.25, 0.3) is 0 Å². The number of carbonyl (C=O) groups is 3. The number of anilines is 2. The van der Waals surface area contributed by atoms with Crippen molar-refractivity contribution in [2.24, 2.45) is 0 Å². The number of piperazine rings is 1. The molecular weight excluding hydrogens is 416 g/mol. The number of hydrogen-bond acceptors (Lipinski definition) is 4. The number of rotatable bonds is 5. The number of halogens is 1. The molecule has 0 aliphatic carbocycles. The highest BCUT2D eigenvalue weighted by Gasteiger charge is 2.32. The maximum Gasteiger partial charge on any atom is 0.251 e. The van der Waals surface area contributed by atoms with Gasteiger partial charge in [-0.05, 0) is 36.6 Å². The van der Waals surface area contributed by atoms with Gasteiger partial charge in [0.05, 0.1) is 17.3 Å². The third-order valence-electron chi connectivity index (χ3n) is 5.63. The molecule has 0 aromatic heterocycles. The van der Waals surface area contributed by atoms with Crippen LogP contribution in [0.5, 0.6) is 0 Å². The molecule has 2 aliphatic heterocycles. The Kier molecular flexibility index (Phi) is 6.42. The van der Waals surface area contributed by atoms with Gasteiger partial charge in [0.1, 0.15) is 6.04 Å². The highest BCUT2D eigenvalue weighted by atomic mass is 35.5. The maximum atomic E-state index is 13.3. The van der Waals surface area contributed by atoms with Crippen molar-refractivity contribution in [3.63, 3.8) is 0 Å². The van der Waals surface area contributed by atoms with Crippen LogP contribution in [0.4, 0.5) is 11.4 Å². The average molecular weight is 441 g/mol. The average Bonchev–Trinajstić information content (AvgIpc) is 2.76. The molecule has 0 bridgehead atoms. The Morgan fingerprint density at radius 3 is 2.58 bits per heavy atom. The van der Waals surface area contributed by atoms with Crippen molar-refractivity contribution in [2.45, 2.75) is 25.3 Å². The van der Waals surface area contributed by atoms with E-state index in [4.69, 9.17) is 11.6 Å². The van der Waals surface area contributed by atoms with E-state index in [-0.39, 0.29) is 24.3 Å². The van der Waals surface area contributed by atoms with E-state index in [0.717, 1.165) is 24.1 Å². The first-order valence-corrected chi connectivity index (χ1v) is 10.9. The zero-order chi connectivity index (χ0) is 21.8. The van der Waals surface area contributed by atoms with Crippen molar-refractivity contribution >= 4 is 40.7 Å². The van der Waals surface area contributed by atoms with Gasteiger partial charge in [0.15, 0.2) is 0 Å². The zero-order valence-electron chi connectivity index (χ0n) is 17.1. The molecule has 0 spiro atoms. The van der Waals surface area contributed by atoms with Gasteiger partial charge in [-0.2, -0.15) is 0 Å². The Labute approximate surface area is 186 Å². The van der Waals surface area contributed by atoms with Crippen LogP contribution in [-0.2, 0) is 14.4 Å². The minimum absolute atomic E-state index is 0.00740. The van der Waals surface area contributed by atoms with Gasteiger partial charge < -0.3 is 20.4 Å². The Morgan fingerprint density at radius 2 is 1.87 bits per heavy atom. The summed E-state index contributed by atoms with van der Waals surface area (Å²) in [6.07, 6.45) is 2.19. The predicted octanol–water partition coefficient (Wildman–Crippen LogP) is 2.97. The van der Waals surface area contributed by atoms with Gasteiger partial charge in [-0.25, -0.2) is 0 Å². The van der Waals surface area contributed by atoms with Crippen molar-refractivity contribution in [3.05, 3.63) is 59.1 Å². The second-order valence-electron chi connectivity index (χ2n) is 7.78. The molecule has 2 heterocycles. The second-order valence-corrected chi connectivity index (χ2v) is 8.19. The number of carbonyl (C=O) groups excluding carboxylic acids is 3. The summed E-state index contributed by atoms with van der Waals surface area (Å²) in [5.74, 6) is -0.328. The lowest BCUT2D eigenvalue weighted by Crippen LogP contribution is -2.47. The lowest BCUT2D eigenvalue weighted by Gasteiger charge is -2.34. The van der Waals surface area contributed by atoms with Gasteiger partial charge in [-0.15, -0.1) is 0 Å². The van der Waals surface area contributed by atoms with Crippen LogP contribution in [0.1, 0.15) is 30.9 Å². The molecule has 8 heteroatoms. The number of amides is 3. The van der Waals surface area contributed by atoms with Crippen LogP contribution >= 0.6 is 11.6 Å². The topological polar surface area (TPSA) is 81.8 Å². The fourth-order valence-corrected chi connectivity index (χ4v) is 4.40. The number of likely N-dealkylation sites (tertiary alicyclic amines) is 1. The predicted molar refractivity (Wildman–Crippen MR) is 120 cm³/mol. The molecule has 1 unspecified atom stereocenters. The van der Waals surface area contributed by atoms with Crippen molar-refractivity contribution < 1.29 is 14.4 Å². The first-order valence-electron chi connectivity index (χ1n) is 10.5. The van der Waals surface area contributed by atoms with E-state index in [1.165, 1.54) is 0 Å². The van der Waals surface area contributed by atoms with Crippen LogP contribution in [0.15, 0.2) is 48.5 Å². The minimum Gasteiger partial charge on any atom is -0.359 e. The summed E-state index contributed by atoms with van der Waals surface area (Å²) in [6, 6.07) is 13.9. The Hall–Kier alpha value is -3.06. The largest absolute Gasteiger partial charge is 0.359 e. The second kappa shape index (κ2) is 9.39. The quantitative estimate of drug-likeness (QED) is 0.748. The van der Waals surface area contributed by atoms with Gasteiger partial charge in [-0.1, -0.05) is 41.9 Å². The summed E-state index contributed by atoms with van der Waals surface area (Å²) in [6.45, 7) is 2.04. The number of piperidine rings is 1. The van der Waals surface area contributed by atoms with Crippen LogP contribution < -0.4 is 15.5 Å². The molecule has 0 saturated carbocycles. The van der Waals surface area contributed by atoms with Gasteiger partial charge in [-0.3, -0.25) is 14.4 Å². The number of nitrogens with zero attached hydrogens (tertiary/aromatic N) is 2. The van der Waals surface area contributed by atoms with E-state index in [2.05, 4.69) is 10.6 Å². The Bertz CT molecular complexity index is 982. The summed E-state index contributed by atoms with van der Waals surface area (Å²) >= 11 is 6.47. The summed E-state index contributed by atoms with van der Waals surface area (Å²) in [5, 5.41) is 6.17. The van der Waals surface area contributed by atoms with E-state index in [0.29, 0.717) is 36.8 Å². The van der Waals surface area contributed by atoms with E-state index in [9.17, 15) is 14.4 Å². The third-order valence-corrected chi connectivity index (χ3v) is 5.93. The first-order chi connectivity index (χ1) is 15.0. The fraction of sp³-hybridized carbons (Fsp3) is 0.348. The van der Waals surface area contributed by atoms with Gasteiger partial charge in [0, 0.05) is 31.7 Å². The summed E-state index contributed by atoms with van der Waals surface area (Å²) in [7, 11) is 0. The molecule has 2 aromatic rings. The zero-order valence-corrected chi connectivity index (χ0v) is 17.9. The molecule has 1 atom stereocenters. The molecule has 2 saturated heterocycles. The standard InChI is InChI=1S/C23H25ClN4O3/c24-18-14-17(9-10-19(18)27-13-11-25-20(29)15-27)26-23(31)22(16-6-2-1-3-7-16)28-12-5-4-8-21(28)30/h1-3,6-7,9-10,14,22H,4-5,8,11-13,15H2,(H,25,29)(H,26,31). The molecule has 3 amide bonds. The van der Waals surface area contributed by atoms with Crippen LogP contribution in [0.3, 0.4) is 0 Å². The van der Waals surface area contributed by atoms with Crippen molar-refractivity contribution in [1.29, 1.82) is 0 Å². The van der Waals surface area contributed by atoms with E-state index >= 15 is 0 Å².